The number of amides is 1. The van der Waals surface area contributed by atoms with Gasteiger partial charge in [0.25, 0.3) is 0 Å². The van der Waals surface area contributed by atoms with Crippen LogP contribution in [0.5, 0.6) is 0 Å². The van der Waals surface area contributed by atoms with Crippen molar-refractivity contribution < 1.29 is 19.4 Å². The van der Waals surface area contributed by atoms with E-state index in [9.17, 15) is 9.59 Å². The number of carboxylic acid groups (broad SMARTS) is 1. The average Bonchev–Trinajstić information content (AvgIpc) is 2.76. The maximum Gasteiger partial charge on any atom is 0.408 e. The molecule has 2 atom stereocenters. The number of ether oxygens (including phenoxy) is 1. The van der Waals surface area contributed by atoms with E-state index in [0.29, 0.717) is 6.42 Å². The van der Waals surface area contributed by atoms with Crippen molar-refractivity contribution >= 4 is 12.1 Å². The number of aliphatic carboxylic acids is 1. The highest BCUT2D eigenvalue weighted by Gasteiger charge is 2.60. The second-order valence-electron chi connectivity index (χ2n) is 4.95. The monoisotopic (exact) mass is 227 g/mol. The van der Waals surface area contributed by atoms with E-state index in [2.05, 4.69) is 11.9 Å². The zero-order valence-corrected chi connectivity index (χ0v) is 9.74. The van der Waals surface area contributed by atoms with Crippen molar-refractivity contribution in [1.82, 2.24) is 5.32 Å². The third kappa shape index (κ3) is 2.53. The smallest absolute Gasteiger partial charge is 0.408 e. The first-order chi connectivity index (χ1) is 7.21. The second-order valence-corrected chi connectivity index (χ2v) is 4.95. The van der Waals surface area contributed by atoms with E-state index in [4.69, 9.17) is 9.84 Å². The van der Waals surface area contributed by atoms with E-state index in [1.807, 2.05) is 0 Å². The lowest BCUT2D eigenvalue weighted by atomic mass is 10.2. The molecular formula is C11H17NO4. The molecule has 0 aromatic rings. The molecule has 90 valence electrons. The Morgan fingerprint density at radius 1 is 1.56 bits per heavy atom. The van der Waals surface area contributed by atoms with Gasteiger partial charge in [-0.2, -0.15) is 0 Å². The van der Waals surface area contributed by atoms with Crippen LogP contribution in [0.4, 0.5) is 4.79 Å². The topological polar surface area (TPSA) is 75.6 Å². The Morgan fingerprint density at radius 2 is 2.12 bits per heavy atom. The van der Waals surface area contributed by atoms with Crippen molar-refractivity contribution in [2.45, 2.75) is 38.3 Å². The lowest BCUT2D eigenvalue weighted by Gasteiger charge is -2.22. The Labute approximate surface area is 94.5 Å². The van der Waals surface area contributed by atoms with Crippen LogP contribution in [-0.2, 0) is 9.53 Å². The van der Waals surface area contributed by atoms with Crippen molar-refractivity contribution in [3.63, 3.8) is 0 Å². The van der Waals surface area contributed by atoms with Crippen molar-refractivity contribution in [1.29, 1.82) is 0 Å². The molecule has 1 unspecified atom stereocenters. The van der Waals surface area contributed by atoms with Gasteiger partial charge in [-0.3, -0.25) is 0 Å². The minimum Gasteiger partial charge on any atom is -0.479 e. The molecule has 0 spiro atoms. The molecule has 0 radical (unpaired) electrons. The van der Waals surface area contributed by atoms with Crippen molar-refractivity contribution in [2.75, 3.05) is 0 Å². The van der Waals surface area contributed by atoms with Crippen LogP contribution < -0.4 is 5.32 Å². The lowest BCUT2D eigenvalue weighted by Crippen LogP contribution is -2.46. The molecule has 1 saturated carbocycles. The van der Waals surface area contributed by atoms with Gasteiger partial charge in [-0.25, -0.2) is 9.59 Å². The predicted octanol–water partition coefficient (Wildman–Crippen LogP) is 1.54. The zero-order chi connectivity index (χ0) is 12.6. The summed E-state index contributed by atoms with van der Waals surface area (Å²) >= 11 is 0. The van der Waals surface area contributed by atoms with Crippen LogP contribution in [0.3, 0.4) is 0 Å². The van der Waals surface area contributed by atoms with E-state index >= 15 is 0 Å². The third-order valence-corrected chi connectivity index (χ3v) is 2.40. The number of rotatable bonds is 3. The Balaban J connectivity index is 2.63. The third-order valence-electron chi connectivity index (χ3n) is 2.40. The predicted molar refractivity (Wildman–Crippen MR) is 58.0 cm³/mol. The number of hydrogen-bond acceptors (Lipinski definition) is 3. The standard InChI is InChI=1S/C11H17NO4/c1-5-7-6-11(7,8(13)14)12-9(15)16-10(2,3)4/h5,7H,1,6H2,2-4H3,(H,12,15)(H,13,14)/t7-,11?/m0/s1. The Hall–Kier alpha value is -1.52. The molecule has 1 aliphatic carbocycles. The summed E-state index contributed by atoms with van der Waals surface area (Å²) in [5.74, 6) is -1.28. The van der Waals surface area contributed by atoms with Crippen LogP contribution in [0.2, 0.25) is 0 Å². The molecule has 0 saturated heterocycles. The van der Waals surface area contributed by atoms with Crippen LogP contribution in [-0.4, -0.2) is 28.3 Å². The van der Waals surface area contributed by atoms with E-state index < -0.39 is 23.2 Å². The SMILES string of the molecule is C=C[C@H]1CC1(NC(=O)OC(C)(C)C)C(=O)O. The fraction of sp³-hybridized carbons (Fsp3) is 0.636. The molecule has 0 aromatic carbocycles. The van der Waals surface area contributed by atoms with Gasteiger partial charge in [0.2, 0.25) is 0 Å². The molecule has 1 rings (SSSR count). The number of carbonyl (C=O) groups is 2. The van der Waals surface area contributed by atoms with Crippen molar-refractivity contribution in [3.05, 3.63) is 12.7 Å². The van der Waals surface area contributed by atoms with Gasteiger partial charge in [-0.1, -0.05) is 6.08 Å². The Morgan fingerprint density at radius 3 is 2.44 bits per heavy atom. The summed E-state index contributed by atoms with van der Waals surface area (Å²) in [7, 11) is 0. The molecule has 5 heteroatoms. The number of hydrogen-bond donors (Lipinski definition) is 2. The number of alkyl carbamates (subject to hydrolysis) is 1. The van der Waals surface area contributed by atoms with E-state index in [1.165, 1.54) is 6.08 Å². The van der Waals surface area contributed by atoms with Gasteiger partial charge in [0.1, 0.15) is 11.1 Å². The fourth-order valence-corrected chi connectivity index (χ4v) is 1.50. The summed E-state index contributed by atoms with van der Waals surface area (Å²) < 4.78 is 5.01. The summed E-state index contributed by atoms with van der Waals surface area (Å²) in [6.07, 6.45) is 1.19. The van der Waals surface area contributed by atoms with Crippen molar-refractivity contribution in [3.8, 4) is 0 Å². The van der Waals surface area contributed by atoms with E-state index in [0.717, 1.165) is 0 Å². The van der Waals surface area contributed by atoms with Crippen LogP contribution in [0, 0.1) is 5.92 Å². The molecule has 0 heterocycles. The molecule has 1 amide bonds. The first-order valence-corrected chi connectivity index (χ1v) is 5.08. The van der Waals surface area contributed by atoms with Gasteiger partial charge in [0, 0.05) is 5.92 Å². The quantitative estimate of drug-likeness (QED) is 0.717. The Bertz CT molecular complexity index is 331. The van der Waals surface area contributed by atoms with Crippen LogP contribution in [0.25, 0.3) is 0 Å². The number of carboxylic acids is 1. The first kappa shape index (κ1) is 12.5. The minimum atomic E-state index is -1.22. The molecule has 0 bridgehead atoms. The highest BCUT2D eigenvalue weighted by Crippen LogP contribution is 2.44. The van der Waals surface area contributed by atoms with Crippen molar-refractivity contribution in [2.24, 2.45) is 5.92 Å². The maximum atomic E-state index is 11.4. The molecular weight excluding hydrogens is 210 g/mol. The van der Waals surface area contributed by atoms with Gasteiger partial charge < -0.3 is 15.2 Å². The molecule has 1 aliphatic rings. The van der Waals surface area contributed by atoms with Gasteiger partial charge in [0.05, 0.1) is 0 Å². The van der Waals surface area contributed by atoms with Gasteiger partial charge in [-0.15, -0.1) is 6.58 Å². The summed E-state index contributed by atoms with van der Waals surface area (Å²) in [6, 6.07) is 0. The van der Waals surface area contributed by atoms with Gasteiger partial charge >= 0.3 is 12.1 Å². The van der Waals surface area contributed by atoms with Gasteiger partial charge in [0.15, 0.2) is 0 Å². The summed E-state index contributed by atoms with van der Waals surface area (Å²) in [6.45, 7) is 8.69. The molecule has 0 aliphatic heterocycles. The molecule has 1 fully saturated rings. The summed E-state index contributed by atoms with van der Waals surface area (Å²) in [5, 5.41) is 11.4. The first-order valence-electron chi connectivity index (χ1n) is 5.08. The lowest BCUT2D eigenvalue weighted by molar-refractivity contribution is -0.141. The highest BCUT2D eigenvalue weighted by molar-refractivity contribution is 5.88. The molecule has 16 heavy (non-hydrogen) atoms. The van der Waals surface area contributed by atoms with Gasteiger partial charge in [-0.05, 0) is 27.2 Å². The average molecular weight is 227 g/mol. The number of nitrogens with one attached hydrogen (secondary N) is 1. The molecule has 0 aromatic heterocycles. The largest absolute Gasteiger partial charge is 0.479 e. The highest BCUT2D eigenvalue weighted by atomic mass is 16.6. The maximum absolute atomic E-state index is 11.4. The normalized spacial score (nSPS) is 28.1. The minimum absolute atomic E-state index is 0.225. The zero-order valence-electron chi connectivity index (χ0n) is 9.74. The molecule has 2 N–H and O–H groups in total. The Kier molecular flexibility index (Phi) is 2.99. The van der Waals surface area contributed by atoms with E-state index in [-0.39, 0.29) is 5.92 Å². The van der Waals surface area contributed by atoms with Crippen LogP contribution in [0.15, 0.2) is 12.7 Å². The second kappa shape index (κ2) is 3.81. The van der Waals surface area contributed by atoms with Crippen LogP contribution in [0.1, 0.15) is 27.2 Å². The van der Waals surface area contributed by atoms with E-state index in [1.54, 1.807) is 20.8 Å². The number of carbonyl (C=O) groups excluding carboxylic acids is 1. The van der Waals surface area contributed by atoms with Crippen LogP contribution >= 0.6 is 0 Å². The fourth-order valence-electron chi connectivity index (χ4n) is 1.50. The summed E-state index contributed by atoms with van der Waals surface area (Å²) in [5.41, 5.74) is -1.85. The summed E-state index contributed by atoms with van der Waals surface area (Å²) in [4.78, 5) is 22.5. The molecule has 5 nitrogen and oxygen atoms in total.